The first-order valence-electron chi connectivity index (χ1n) is 9.15. The normalized spacial score (nSPS) is 11.3. The van der Waals surface area contributed by atoms with Crippen LogP contribution in [0.25, 0.3) is 0 Å². The highest BCUT2D eigenvalue weighted by Gasteiger charge is 2.19. The van der Waals surface area contributed by atoms with Gasteiger partial charge in [-0.3, -0.25) is 9.10 Å². The first kappa shape index (κ1) is 21.0. The monoisotopic (exact) mass is 388 g/mol. The number of amides is 1. The van der Waals surface area contributed by atoms with Gasteiger partial charge in [0.05, 0.1) is 11.9 Å². The van der Waals surface area contributed by atoms with Gasteiger partial charge in [-0.2, -0.15) is 0 Å². The van der Waals surface area contributed by atoms with Gasteiger partial charge < -0.3 is 5.32 Å². The van der Waals surface area contributed by atoms with E-state index in [2.05, 4.69) is 12.2 Å². The summed E-state index contributed by atoms with van der Waals surface area (Å²) >= 11 is 0. The standard InChI is InChI=1S/C21H28N2O3S/c1-5-18-11-13-19(14-12-18)22-21(24)10-7-15-23(27(4,25)26)20-9-6-8-16(2)17(20)3/h6,8-9,11-14H,5,7,10,15H2,1-4H3,(H,22,24). The van der Waals surface area contributed by atoms with E-state index in [-0.39, 0.29) is 18.9 Å². The molecule has 1 amide bonds. The molecule has 6 heteroatoms. The van der Waals surface area contributed by atoms with E-state index in [0.717, 1.165) is 23.2 Å². The summed E-state index contributed by atoms with van der Waals surface area (Å²) < 4.78 is 25.9. The molecule has 0 saturated heterocycles. The minimum Gasteiger partial charge on any atom is -0.326 e. The van der Waals surface area contributed by atoms with Gasteiger partial charge in [-0.15, -0.1) is 0 Å². The Morgan fingerprint density at radius 1 is 1.07 bits per heavy atom. The van der Waals surface area contributed by atoms with Gasteiger partial charge in [-0.05, 0) is 61.6 Å². The summed E-state index contributed by atoms with van der Waals surface area (Å²) in [5.41, 5.74) is 4.61. The molecular weight excluding hydrogens is 360 g/mol. The van der Waals surface area contributed by atoms with Crippen LogP contribution in [0.1, 0.15) is 36.5 Å². The van der Waals surface area contributed by atoms with E-state index in [1.165, 1.54) is 16.1 Å². The van der Waals surface area contributed by atoms with Crippen molar-refractivity contribution in [1.82, 2.24) is 0 Å². The van der Waals surface area contributed by atoms with Gasteiger partial charge in [0.2, 0.25) is 15.9 Å². The molecule has 0 spiro atoms. The number of aryl methyl sites for hydroxylation is 2. The maximum absolute atomic E-state index is 12.2. The summed E-state index contributed by atoms with van der Waals surface area (Å²) in [4.78, 5) is 12.2. The molecule has 5 nitrogen and oxygen atoms in total. The quantitative estimate of drug-likeness (QED) is 0.742. The second kappa shape index (κ2) is 9.04. The van der Waals surface area contributed by atoms with Crippen LogP contribution in [0.4, 0.5) is 11.4 Å². The Hall–Kier alpha value is -2.34. The number of hydrogen-bond donors (Lipinski definition) is 1. The third-order valence-electron chi connectivity index (χ3n) is 4.66. The molecule has 1 N–H and O–H groups in total. The lowest BCUT2D eigenvalue weighted by Crippen LogP contribution is -2.32. The van der Waals surface area contributed by atoms with Crippen molar-refractivity contribution in [3.8, 4) is 0 Å². The minimum atomic E-state index is -3.42. The number of rotatable bonds is 8. The number of nitrogens with one attached hydrogen (secondary N) is 1. The van der Waals surface area contributed by atoms with Crippen LogP contribution in [-0.4, -0.2) is 27.1 Å². The predicted molar refractivity (Wildman–Crippen MR) is 112 cm³/mol. The molecule has 0 atom stereocenters. The zero-order chi connectivity index (χ0) is 20.0. The van der Waals surface area contributed by atoms with Gasteiger partial charge in [-0.25, -0.2) is 8.42 Å². The molecule has 2 rings (SSSR count). The average molecular weight is 389 g/mol. The largest absolute Gasteiger partial charge is 0.326 e. The smallest absolute Gasteiger partial charge is 0.232 e. The van der Waals surface area contributed by atoms with Crippen LogP contribution >= 0.6 is 0 Å². The van der Waals surface area contributed by atoms with Crippen molar-refractivity contribution in [1.29, 1.82) is 0 Å². The number of nitrogens with zero attached hydrogens (tertiary/aromatic N) is 1. The Morgan fingerprint density at radius 3 is 2.33 bits per heavy atom. The van der Waals surface area contributed by atoms with Crippen molar-refractivity contribution >= 4 is 27.3 Å². The molecule has 146 valence electrons. The van der Waals surface area contributed by atoms with Gasteiger partial charge in [0.25, 0.3) is 0 Å². The zero-order valence-electron chi connectivity index (χ0n) is 16.5. The third kappa shape index (κ3) is 5.82. The summed E-state index contributed by atoms with van der Waals surface area (Å²) in [6.45, 7) is 6.22. The van der Waals surface area contributed by atoms with Crippen molar-refractivity contribution in [2.75, 3.05) is 22.4 Å². The molecule has 0 aliphatic rings. The fourth-order valence-electron chi connectivity index (χ4n) is 2.90. The molecule has 0 aliphatic heterocycles. The van der Waals surface area contributed by atoms with Crippen molar-refractivity contribution in [3.05, 3.63) is 59.2 Å². The zero-order valence-corrected chi connectivity index (χ0v) is 17.3. The Morgan fingerprint density at radius 2 is 1.74 bits per heavy atom. The van der Waals surface area contributed by atoms with Gasteiger partial charge >= 0.3 is 0 Å². The molecule has 0 saturated carbocycles. The minimum absolute atomic E-state index is 0.117. The maximum Gasteiger partial charge on any atom is 0.232 e. The summed E-state index contributed by atoms with van der Waals surface area (Å²) in [6.07, 6.45) is 2.85. The van der Waals surface area contributed by atoms with E-state index in [9.17, 15) is 13.2 Å². The molecule has 0 radical (unpaired) electrons. The Balaban J connectivity index is 1.99. The molecule has 2 aromatic rings. The third-order valence-corrected chi connectivity index (χ3v) is 5.84. The van der Waals surface area contributed by atoms with E-state index >= 15 is 0 Å². The van der Waals surface area contributed by atoms with Crippen LogP contribution in [0.2, 0.25) is 0 Å². The molecule has 0 unspecified atom stereocenters. The van der Waals surface area contributed by atoms with Crippen molar-refractivity contribution in [3.63, 3.8) is 0 Å². The molecule has 0 aliphatic carbocycles. The van der Waals surface area contributed by atoms with Crippen molar-refractivity contribution in [2.45, 2.75) is 40.0 Å². The number of hydrogen-bond acceptors (Lipinski definition) is 3. The second-order valence-corrected chi connectivity index (χ2v) is 8.66. The van der Waals surface area contributed by atoms with E-state index < -0.39 is 10.0 Å². The lowest BCUT2D eigenvalue weighted by atomic mass is 10.1. The van der Waals surface area contributed by atoms with E-state index in [4.69, 9.17) is 0 Å². The first-order valence-corrected chi connectivity index (χ1v) is 11.0. The number of sulfonamides is 1. The van der Waals surface area contributed by atoms with Crippen LogP contribution in [0.5, 0.6) is 0 Å². The van der Waals surface area contributed by atoms with E-state index in [1.807, 2.05) is 50.2 Å². The maximum atomic E-state index is 12.2. The molecule has 0 bridgehead atoms. The average Bonchev–Trinajstić information content (AvgIpc) is 2.61. The fraction of sp³-hybridized carbons (Fsp3) is 0.381. The van der Waals surface area contributed by atoms with Crippen LogP contribution in [0.3, 0.4) is 0 Å². The molecule has 0 heterocycles. The predicted octanol–water partition coefficient (Wildman–Crippen LogP) is 4.05. The number of carbonyl (C=O) groups is 1. The molecule has 27 heavy (non-hydrogen) atoms. The van der Waals surface area contributed by atoms with Crippen LogP contribution < -0.4 is 9.62 Å². The van der Waals surface area contributed by atoms with Gasteiger partial charge in [0.15, 0.2) is 0 Å². The Labute approximate surface area is 162 Å². The van der Waals surface area contributed by atoms with Crippen LogP contribution in [0, 0.1) is 13.8 Å². The van der Waals surface area contributed by atoms with Crippen molar-refractivity contribution in [2.24, 2.45) is 0 Å². The first-order chi connectivity index (χ1) is 12.7. The lowest BCUT2D eigenvalue weighted by Gasteiger charge is -2.24. The van der Waals surface area contributed by atoms with Gasteiger partial charge in [-0.1, -0.05) is 31.2 Å². The van der Waals surface area contributed by atoms with Crippen LogP contribution in [-0.2, 0) is 21.2 Å². The Kier molecular flexibility index (Phi) is 7.02. The fourth-order valence-corrected chi connectivity index (χ4v) is 3.92. The topological polar surface area (TPSA) is 66.5 Å². The van der Waals surface area contributed by atoms with E-state index in [0.29, 0.717) is 12.1 Å². The summed E-state index contributed by atoms with van der Waals surface area (Å²) in [6, 6.07) is 13.4. The summed E-state index contributed by atoms with van der Waals surface area (Å²) in [5.74, 6) is -0.117. The summed E-state index contributed by atoms with van der Waals surface area (Å²) in [5, 5.41) is 2.86. The van der Waals surface area contributed by atoms with Crippen molar-refractivity contribution < 1.29 is 13.2 Å². The van der Waals surface area contributed by atoms with Crippen LogP contribution in [0.15, 0.2) is 42.5 Å². The highest BCUT2D eigenvalue weighted by atomic mass is 32.2. The van der Waals surface area contributed by atoms with Gasteiger partial charge in [0, 0.05) is 18.7 Å². The van der Waals surface area contributed by atoms with E-state index in [1.54, 1.807) is 6.07 Å². The highest BCUT2D eigenvalue weighted by molar-refractivity contribution is 7.92. The van der Waals surface area contributed by atoms with Gasteiger partial charge in [0.1, 0.15) is 0 Å². The number of benzene rings is 2. The number of anilines is 2. The number of carbonyl (C=O) groups excluding carboxylic acids is 1. The second-order valence-electron chi connectivity index (χ2n) is 6.76. The molecule has 2 aromatic carbocycles. The highest BCUT2D eigenvalue weighted by Crippen LogP contribution is 2.25. The molecule has 0 aromatic heterocycles. The lowest BCUT2D eigenvalue weighted by molar-refractivity contribution is -0.116. The Bertz CT molecular complexity index is 890. The summed E-state index contributed by atoms with van der Waals surface area (Å²) in [7, 11) is -3.42. The SMILES string of the molecule is CCc1ccc(NC(=O)CCCN(c2cccc(C)c2C)S(C)(=O)=O)cc1. The molecular formula is C21H28N2O3S. The molecule has 0 fully saturated rings.